The number of nitrogens with zero attached hydrogens (tertiary/aromatic N) is 2. The van der Waals surface area contributed by atoms with E-state index < -0.39 is 0 Å². The number of methoxy groups -OCH3 is 1. The largest absolute Gasteiger partial charge is 0.450 e. The first kappa shape index (κ1) is 19.7. The van der Waals surface area contributed by atoms with Crippen molar-refractivity contribution in [2.75, 3.05) is 47.0 Å². The lowest BCUT2D eigenvalue weighted by Gasteiger charge is -2.33. The van der Waals surface area contributed by atoms with Gasteiger partial charge in [0.1, 0.15) is 0 Å². The van der Waals surface area contributed by atoms with Gasteiger partial charge in [-0.1, -0.05) is 0 Å². The summed E-state index contributed by atoms with van der Waals surface area (Å²) in [5, 5.41) is 3.09. The highest BCUT2D eigenvalue weighted by Crippen LogP contribution is 2.12. The fourth-order valence-corrected chi connectivity index (χ4v) is 2.60. The summed E-state index contributed by atoms with van der Waals surface area (Å²) in [6, 6.07) is -0.0436. The molecule has 0 bridgehead atoms. The number of piperidine rings is 1. The number of amides is 2. The van der Waals surface area contributed by atoms with Crippen molar-refractivity contribution in [3.05, 3.63) is 0 Å². The van der Waals surface area contributed by atoms with Gasteiger partial charge in [-0.3, -0.25) is 9.69 Å². The second-order valence-corrected chi connectivity index (χ2v) is 5.97. The number of hydrogen-bond acceptors (Lipinski definition) is 5. The summed E-state index contributed by atoms with van der Waals surface area (Å²) >= 11 is 0. The minimum atomic E-state index is -0.261. The van der Waals surface area contributed by atoms with Crippen LogP contribution in [0.4, 0.5) is 4.79 Å². The Morgan fingerprint density at radius 1 is 1.35 bits per heavy atom. The second-order valence-electron chi connectivity index (χ2n) is 5.97. The van der Waals surface area contributed by atoms with Gasteiger partial charge in [0.25, 0.3) is 0 Å². The van der Waals surface area contributed by atoms with E-state index >= 15 is 0 Å². The van der Waals surface area contributed by atoms with Crippen LogP contribution in [-0.4, -0.2) is 80.9 Å². The van der Waals surface area contributed by atoms with Gasteiger partial charge in [-0.2, -0.15) is 0 Å². The fourth-order valence-electron chi connectivity index (χ4n) is 2.60. The number of hydrogen-bond donors (Lipinski definition) is 1. The molecule has 0 aromatic carbocycles. The number of carbonyl (C=O) groups excluding carboxylic acids is 2. The molecule has 1 atom stereocenters. The normalized spacial score (nSPS) is 17.2. The van der Waals surface area contributed by atoms with E-state index in [2.05, 4.69) is 5.32 Å². The lowest BCUT2D eigenvalue weighted by Crippen LogP contribution is -2.51. The Morgan fingerprint density at radius 2 is 2.00 bits per heavy atom. The Balaban J connectivity index is 2.31. The van der Waals surface area contributed by atoms with Crippen molar-refractivity contribution in [3.63, 3.8) is 0 Å². The Kier molecular flexibility index (Phi) is 8.94. The van der Waals surface area contributed by atoms with E-state index in [1.807, 2.05) is 18.9 Å². The van der Waals surface area contributed by atoms with E-state index in [0.717, 1.165) is 25.8 Å². The number of likely N-dealkylation sites (N-methyl/N-ethyl adjacent to an activating group) is 1. The first-order chi connectivity index (χ1) is 11.0. The van der Waals surface area contributed by atoms with E-state index in [0.29, 0.717) is 26.3 Å². The van der Waals surface area contributed by atoms with Gasteiger partial charge in [0.05, 0.1) is 12.6 Å². The maximum Gasteiger partial charge on any atom is 0.409 e. The summed E-state index contributed by atoms with van der Waals surface area (Å²) in [7, 11) is 3.63. The first-order valence-corrected chi connectivity index (χ1v) is 8.40. The van der Waals surface area contributed by atoms with E-state index in [1.165, 1.54) is 0 Å². The van der Waals surface area contributed by atoms with E-state index in [4.69, 9.17) is 9.47 Å². The van der Waals surface area contributed by atoms with Crippen molar-refractivity contribution in [3.8, 4) is 0 Å². The average molecular weight is 329 g/mol. The van der Waals surface area contributed by atoms with E-state index in [-0.39, 0.29) is 24.1 Å². The molecular formula is C16H31N3O4. The summed E-state index contributed by atoms with van der Waals surface area (Å²) in [6.45, 7) is 6.88. The highest BCUT2D eigenvalue weighted by molar-refractivity contribution is 5.81. The molecule has 1 aliphatic rings. The molecule has 1 N–H and O–H groups in total. The quantitative estimate of drug-likeness (QED) is 0.675. The van der Waals surface area contributed by atoms with Crippen molar-refractivity contribution >= 4 is 12.0 Å². The van der Waals surface area contributed by atoms with Gasteiger partial charge in [-0.25, -0.2) is 4.79 Å². The molecule has 1 heterocycles. The molecule has 2 amide bonds. The standard InChI is InChI=1S/C16H31N3O4/c1-5-23-16(21)19-10-7-14(8-11-19)17-15(20)13(2)18(3)9-6-12-22-4/h13-14H,5-12H2,1-4H3,(H,17,20). The van der Waals surface area contributed by atoms with Crippen LogP contribution in [0.5, 0.6) is 0 Å². The molecule has 134 valence electrons. The minimum Gasteiger partial charge on any atom is -0.450 e. The van der Waals surface area contributed by atoms with Gasteiger partial charge >= 0.3 is 6.09 Å². The zero-order valence-corrected chi connectivity index (χ0v) is 14.8. The molecule has 23 heavy (non-hydrogen) atoms. The molecule has 0 spiro atoms. The van der Waals surface area contributed by atoms with E-state index in [1.54, 1.807) is 18.9 Å². The van der Waals surface area contributed by atoms with Crippen LogP contribution in [0.3, 0.4) is 0 Å². The number of nitrogens with one attached hydrogen (secondary N) is 1. The lowest BCUT2D eigenvalue weighted by molar-refractivity contribution is -0.126. The Labute approximate surface area is 139 Å². The Bertz CT molecular complexity index is 370. The second kappa shape index (κ2) is 10.4. The predicted octanol–water partition coefficient (Wildman–Crippen LogP) is 1.08. The maximum atomic E-state index is 12.3. The van der Waals surface area contributed by atoms with Crippen LogP contribution in [0.2, 0.25) is 0 Å². The van der Waals surface area contributed by atoms with Crippen LogP contribution in [0.25, 0.3) is 0 Å². The third kappa shape index (κ3) is 6.74. The zero-order chi connectivity index (χ0) is 17.2. The van der Waals surface area contributed by atoms with Crippen LogP contribution >= 0.6 is 0 Å². The SMILES string of the molecule is CCOC(=O)N1CCC(NC(=O)C(C)N(C)CCCOC)CC1. The van der Waals surface area contributed by atoms with Crippen LogP contribution in [0.15, 0.2) is 0 Å². The molecule has 1 rings (SSSR count). The van der Waals surface area contributed by atoms with Gasteiger partial charge < -0.3 is 19.7 Å². The monoisotopic (exact) mass is 329 g/mol. The molecule has 0 aliphatic carbocycles. The summed E-state index contributed by atoms with van der Waals surface area (Å²) in [6.07, 6.45) is 2.18. The van der Waals surface area contributed by atoms with Crippen molar-refractivity contribution in [1.29, 1.82) is 0 Å². The molecule has 0 aromatic heterocycles. The smallest absolute Gasteiger partial charge is 0.409 e. The zero-order valence-electron chi connectivity index (χ0n) is 14.8. The van der Waals surface area contributed by atoms with Crippen LogP contribution in [0, 0.1) is 0 Å². The fraction of sp³-hybridized carbons (Fsp3) is 0.875. The highest BCUT2D eigenvalue weighted by Gasteiger charge is 2.26. The molecule has 7 heteroatoms. The topological polar surface area (TPSA) is 71.1 Å². The molecule has 1 fully saturated rings. The molecule has 1 saturated heterocycles. The third-order valence-corrected chi connectivity index (χ3v) is 4.27. The minimum absolute atomic E-state index is 0.0412. The van der Waals surface area contributed by atoms with Gasteiger partial charge in [-0.05, 0) is 40.2 Å². The molecule has 1 aliphatic heterocycles. The van der Waals surface area contributed by atoms with Crippen LogP contribution in [-0.2, 0) is 14.3 Å². The number of carbonyl (C=O) groups is 2. The Morgan fingerprint density at radius 3 is 2.57 bits per heavy atom. The van der Waals surface area contributed by atoms with Crippen molar-refractivity contribution < 1.29 is 19.1 Å². The van der Waals surface area contributed by atoms with Crippen molar-refractivity contribution in [2.24, 2.45) is 0 Å². The molecular weight excluding hydrogens is 298 g/mol. The predicted molar refractivity (Wildman–Crippen MR) is 88.3 cm³/mol. The van der Waals surface area contributed by atoms with E-state index in [9.17, 15) is 9.59 Å². The summed E-state index contributed by atoms with van der Waals surface area (Å²) < 4.78 is 10.0. The number of ether oxygens (including phenoxy) is 2. The van der Waals surface area contributed by atoms with Crippen LogP contribution < -0.4 is 5.32 Å². The molecule has 1 unspecified atom stereocenters. The Hall–Kier alpha value is -1.34. The first-order valence-electron chi connectivity index (χ1n) is 8.40. The van der Waals surface area contributed by atoms with Gasteiger partial charge in [0.2, 0.25) is 5.91 Å². The summed E-state index contributed by atoms with van der Waals surface area (Å²) in [5.74, 6) is 0.0412. The van der Waals surface area contributed by atoms with Crippen molar-refractivity contribution in [2.45, 2.75) is 45.2 Å². The molecule has 0 aromatic rings. The number of rotatable bonds is 8. The van der Waals surface area contributed by atoms with Gasteiger partial charge in [-0.15, -0.1) is 0 Å². The van der Waals surface area contributed by atoms with Crippen LogP contribution in [0.1, 0.15) is 33.1 Å². The summed E-state index contributed by atoms with van der Waals surface area (Å²) in [4.78, 5) is 27.7. The highest BCUT2D eigenvalue weighted by atomic mass is 16.6. The molecule has 0 saturated carbocycles. The maximum absolute atomic E-state index is 12.3. The molecule has 7 nitrogen and oxygen atoms in total. The average Bonchev–Trinajstić information content (AvgIpc) is 2.55. The number of likely N-dealkylation sites (tertiary alicyclic amines) is 1. The lowest BCUT2D eigenvalue weighted by atomic mass is 10.0. The van der Waals surface area contributed by atoms with Crippen molar-refractivity contribution in [1.82, 2.24) is 15.1 Å². The summed E-state index contributed by atoms with van der Waals surface area (Å²) in [5.41, 5.74) is 0. The van der Waals surface area contributed by atoms with Gasteiger partial charge in [0.15, 0.2) is 0 Å². The van der Waals surface area contributed by atoms with Gasteiger partial charge in [0, 0.05) is 39.4 Å². The third-order valence-electron chi connectivity index (χ3n) is 4.27. The molecule has 0 radical (unpaired) electrons.